The minimum absolute atomic E-state index is 0.164. The van der Waals surface area contributed by atoms with Crippen LogP contribution in [-0.2, 0) is 17.6 Å². The number of aryl methyl sites for hydroxylation is 1. The Morgan fingerprint density at radius 3 is 2.70 bits per heavy atom. The summed E-state index contributed by atoms with van der Waals surface area (Å²) in [4.78, 5) is 21.2. The number of hydrogen-bond acceptors (Lipinski definition) is 4. The van der Waals surface area contributed by atoms with Gasteiger partial charge in [0, 0.05) is 23.9 Å². The van der Waals surface area contributed by atoms with E-state index < -0.39 is 0 Å². The lowest BCUT2D eigenvalue weighted by Gasteiger charge is -2.23. The summed E-state index contributed by atoms with van der Waals surface area (Å²) in [5, 5.41) is 0. The maximum atomic E-state index is 11.8. The normalized spacial score (nSPS) is 16.0. The van der Waals surface area contributed by atoms with E-state index >= 15 is 0 Å². The summed E-state index contributed by atoms with van der Waals surface area (Å²) in [7, 11) is 0. The summed E-state index contributed by atoms with van der Waals surface area (Å²) in [6.45, 7) is 4.37. The van der Waals surface area contributed by atoms with Crippen molar-refractivity contribution < 1.29 is 9.53 Å². The van der Waals surface area contributed by atoms with E-state index in [2.05, 4.69) is 18.8 Å². The van der Waals surface area contributed by atoms with E-state index in [1.165, 1.54) is 30.5 Å². The Kier molecular flexibility index (Phi) is 6.97. The maximum Gasteiger partial charge on any atom is 0.311 e. The van der Waals surface area contributed by atoms with Crippen LogP contribution >= 0.6 is 0 Å². The van der Waals surface area contributed by atoms with Crippen LogP contribution in [0.5, 0.6) is 5.75 Å². The van der Waals surface area contributed by atoms with Gasteiger partial charge in [0.05, 0.1) is 0 Å². The van der Waals surface area contributed by atoms with Gasteiger partial charge in [0.2, 0.25) is 0 Å². The van der Waals surface area contributed by atoms with Crippen molar-refractivity contribution in [1.29, 1.82) is 0 Å². The van der Waals surface area contributed by atoms with E-state index in [1.807, 2.05) is 30.5 Å². The number of fused-ring (bicyclic) bond motifs is 1. The molecule has 0 saturated carbocycles. The summed E-state index contributed by atoms with van der Waals surface area (Å²) in [5.41, 5.74) is 3.46. The number of carbonyl (C=O) groups is 1. The third-order valence-corrected chi connectivity index (χ3v) is 5.28. The van der Waals surface area contributed by atoms with Crippen LogP contribution in [0.1, 0.15) is 70.1 Å². The lowest BCUT2D eigenvalue weighted by atomic mass is 9.84. The minimum Gasteiger partial charge on any atom is -0.427 e. The first kappa shape index (κ1) is 19.5. The molecule has 1 aromatic heterocycles. The molecule has 27 heavy (non-hydrogen) atoms. The quantitative estimate of drug-likeness (QED) is 0.350. The second-order valence-electron chi connectivity index (χ2n) is 7.52. The Morgan fingerprint density at radius 1 is 1.15 bits per heavy atom. The fourth-order valence-electron chi connectivity index (χ4n) is 3.75. The fraction of sp³-hybridized carbons (Fsp3) is 0.522. The summed E-state index contributed by atoms with van der Waals surface area (Å²) in [6, 6.07) is 7.51. The molecule has 4 nitrogen and oxygen atoms in total. The summed E-state index contributed by atoms with van der Waals surface area (Å²) in [6.07, 6.45) is 11.4. The van der Waals surface area contributed by atoms with Crippen LogP contribution in [0.15, 0.2) is 30.5 Å². The number of carbonyl (C=O) groups excluding carboxylic acids is 1. The van der Waals surface area contributed by atoms with Crippen LogP contribution < -0.4 is 4.74 Å². The molecule has 0 bridgehead atoms. The SMILES string of the molecule is CCCCCC(=O)Oc1ccc(-c2ncc3c(n2)CCC(CCC)C3)cc1. The number of benzene rings is 1. The zero-order valence-corrected chi connectivity index (χ0v) is 16.5. The predicted molar refractivity (Wildman–Crippen MR) is 108 cm³/mol. The lowest BCUT2D eigenvalue weighted by Crippen LogP contribution is -2.16. The molecule has 0 amide bonds. The summed E-state index contributed by atoms with van der Waals surface area (Å²) in [5.74, 6) is 1.95. The lowest BCUT2D eigenvalue weighted by molar-refractivity contribution is -0.134. The van der Waals surface area contributed by atoms with E-state index in [9.17, 15) is 4.79 Å². The van der Waals surface area contributed by atoms with Crippen LogP contribution in [0, 0.1) is 5.92 Å². The van der Waals surface area contributed by atoms with Crippen LogP contribution in [-0.4, -0.2) is 15.9 Å². The monoisotopic (exact) mass is 366 g/mol. The highest BCUT2D eigenvalue weighted by atomic mass is 16.5. The van der Waals surface area contributed by atoms with Gasteiger partial charge in [-0.15, -0.1) is 0 Å². The van der Waals surface area contributed by atoms with E-state index in [-0.39, 0.29) is 5.97 Å². The van der Waals surface area contributed by atoms with Gasteiger partial charge in [-0.3, -0.25) is 4.79 Å². The standard InChI is InChI=1S/C23H30N2O2/c1-3-5-6-8-22(26)27-20-12-10-18(11-13-20)23-24-16-19-15-17(7-4-2)9-14-21(19)25-23/h10-13,16-17H,3-9,14-15H2,1-2H3. The molecule has 3 rings (SSSR count). The highest BCUT2D eigenvalue weighted by Gasteiger charge is 2.20. The zero-order chi connectivity index (χ0) is 19.1. The van der Waals surface area contributed by atoms with Gasteiger partial charge < -0.3 is 4.74 Å². The van der Waals surface area contributed by atoms with E-state index in [4.69, 9.17) is 9.72 Å². The predicted octanol–water partition coefficient (Wildman–Crippen LogP) is 5.53. The molecule has 144 valence electrons. The van der Waals surface area contributed by atoms with Gasteiger partial charge in [-0.1, -0.05) is 39.5 Å². The summed E-state index contributed by atoms with van der Waals surface area (Å²) < 4.78 is 5.40. The Morgan fingerprint density at radius 2 is 1.96 bits per heavy atom. The Balaban J connectivity index is 1.63. The van der Waals surface area contributed by atoms with Crippen LogP contribution in [0.25, 0.3) is 11.4 Å². The third kappa shape index (κ3) is 5.38. The number of unbranched alkanes of at least 4 members (excludes halogenated alkanes) is 2. The van der Waals surface area contributed by atoms with Gasteiger partial charge in [0.25, 0.3) is 0 Å². The first-order chi connectivity index (χ1) is 13.2. The van der Waals surface area contributed by atoms with Gasteiger partial charge in [0.1, 0.15) is 5.75 Å². The van der Waals surface area contributed by atoms with Crippen molar-refractivity contribution >= 4 is 5.97 Å². The van der Waals surface area contributed by atoms with Crippen molar-refractivity contribution in [2.24, 2.45) is 5.92 Å². The van der Waals surface area contributed by atoms with Gasteiger partial charge in [-0.25, -0.2) is 9.97 Å². The number of esters is 1. The molecule has 0 saturated heterocycles. The molecule has 0 spiro atoms. The second kappa shape index (κ2) is 9.63. The Labute approximate surface area is 162 Å². The van der Waals surface area contributed by atoms with Crippen LogP contribution in [0.2, 0.25) is 0 Å². The fourth-order valence-corrected chi connectivity index (χ4v) is 3.75. The molecule has 0 fully saturated rings. The molecule has 1 atom stereocenters. The molecular weight excluding hydrogens is 336 g/mol. The smallest absolute Gasteiger partial charge is 0.311 e. The molecule has 1 aliphatic rings. The largest absolute Gasteiger partial charge is 0.427 e. The molecule has 1 heterocycles. The van der Waals surface area contributed by atoms with Gasteiger partial charge >= 0.3 is 5.97 Å². The highest BCUT2D eigenvalue weighted by Crippen LogP contribution is 2.28. The van der Waals surface area contributed by atoms with Crippen molar-refractivity contribution in [1.82, 2.24) is 9.97 Å². The second-order valence-corrected chi connectivity index (χ2v) is 7.52. The number of nitrogens with zero attached hydrogens (tertiary/aromatic N) is 2. The molecule has 0 aliphatic heterocycles. The Bertz CT molecular complexity index is 755. The molecule has 2 aromatic rings. The number of ether oxygens (including phenoxy) is 1. The van der Waals surface area contributed by atoms with Crippen molar-refractivity contribution in [2.75, 3.05) is 0 Å². The molecular formula is C23H30N2O2. The van der Waals surface area contributed by atoms with Crippen molar-refractivity contribution in [3.8, 4) is 17.1 Å². The average molecular weight is 367 g/mol. The van der Waals surface area contributed by atoms with Crippen molar-refractivity contribution in [3.05, 3.63) is 41.7 Å². The molecule has 0 radical (unpaired) electrons. The minimum atomic E-state index is -0.164. The number of hydrogen-bond donors (Lipinski definition) is 0. The number of aromatic nitrogens is 2. The number of rotatable bonds is 8. The molecule has 1 aromatic carbocycles. The Hall–Kier alpha value is -2.23. The molecule has 1 unspecified atom stereocenters. The van der Waals surface area contributed by atoms with Crippen LogP contribution in [0.4, 0.5) is 0 Å². The molecule has 1 aliphatic carbocycles. The third-order valence-electron chi connectivity index (χ3n) is 5.28. The molecule has 0 N–H and O–H groups in total. The maximum absolute atomic E-state index is 11.8. The van der Waals surface area contributed by atoms with Crippen molar-refractivity contribution in [2.45, 2.75) is 71.6 Å². The van der Waals surface area contributed by atoms with E-state index in [0.29, 0.717) is 12.2 Å². The zero-order valence-electron chi connectivity index (χ0n) is 16.5. The van der Waals surface area contributed by atoms with Gasteiger partial charge in [0.15, 0.2) is 5.82 Å². The van der Waals surface area contributed by atoms with Crippen LogP contribution in [0.3, 0.4) is 0 Å². The van der Waals surface area contributed by atoms with Gasteiger partial charge in [-0.2, -0.15) is 0 Å². The molecule has 4 heteroatoms. The van der Waals surface area contributed by atoms with E-state index in [0.717, 1.165) is 49.4 Å². The first-order valence-corrected chi connectivity index (χ1v) is 10.4. The average Bonchev–Trinajstić information content (AvgIpc) is 2.69. The summed E-state index contributed by atoms with van der Waals surface area (Å²) >= 11 is 0. The van der Waals surface area contributed by atoms with Crippen molar-refractivity contribution in [3.63, 3.8) is 0 Å². The topological polar surface area (TPSA) is 52.1 Å². The van der Waals surface area contributed by atoms with Gasteiger partial charge in [-0.05, 0) is 61.4 Å². The highest BCUT2D eigenvalue weighted by molar-refractivity contribution is 5.72. The first-order valence-electron chi connectivity index (χ1n) is 10.4. The van der Waals surface area contributed by atoms with E-state index in [1.54, 1.807) is 0 Å².